The number of sulfonamides is 1. The fourth-order valence-corrected chi connectivity index (χ4v) is 4.71. The highest BCUT2D eigenvalue weighted by molar-refractivity contribution is 7.90. The number of carbonyl (C=O) groups is 2. The molecule has 4 rings (SSSR count). The van der Waals surface area contributed by atoms with E-state index in [0.717, 1.165) is 4.31 Å². The summed E-state index contributed by atoms with van der Waals surface area (Å²) in [5.41, 5.74) is 0.574. The van der Waals surface area contributed by atoms with E-state index in [1.54, 1.807) is 48.5 Å². The van der Waals surface area contributed by atoms with Crippen molar-refractivity contribution in [1.82, 2.24) is 4.31 Å². The number of ether oxygens (including phenoxy) is 1. The van der Waals surface area contributed by atoms with E-state index in [4.69, 9.17) is 4.74 Å². The Balaban J connectivity index is 1.44. The molecule has 0 atom stereocenters. The fourth-order valence-electron chi connectivity index (χ4n) is 3.14. The predicted molar refractivity (Wildman–Crippen MR) is 111 cm³/mol. The van der Waals surface area contributed by atoms with Crippen molar-refractivity contribution in [3.63, 3.8) is 0 Å². The van der Waals surface area contributed by atoms with Crippen molar-refractivity contribution in [2.45, 2.75) is 11.3 Å². The minimum absolute atomic E-state index is 0.0305. The van der Waals surface area contributed by atoms with Gasteiger partial charge >= 0.3 is 0 Å². The minimum atomic E-state index is -3.93. The van der Waals surface area contributed by atoms with Crippen molar-refractivity contribution in [2.75, 3.05) is 11.9 Å². The Hall–Kier alpha value is -3.65. The van der Waals surface area contributed by atoms with Gasteiger partial charge < -0.3 is 10.1 Å². The van der Waals surface area contributed by atoms with Crippen molar-refractivity contribution >= 4 is 27.5 Å². The lowest BCUT2D eigenvalue weighted by Crippen LogP contribution is -2.33. The van der Waals surface area contributed by atoms with Gasteiger partial charge in [0.2, 0.25) is 5.91 Å². The maximum Gasteiger partial charge on any atom is 0.269 e. The van der Waals surface area contributed by atoms with Crippen LogP contribution in [-0.4, -0.2) is 31.1 Å². The number of rotatable bonds is 6. The van der Waals surface area contributed by atoms with Crippen LogP contribution in [0.25, 0.3) is 0 Å². The van der Waals surface area contributed by atoms with Crippen molar-refractivity contribution in [2.24, 2.45) is 0 Å². The molecule has 30 heavy (non-hydrogen) atoms. The number of fused-ring (bicyclic) bond motifs is 1. The Morgan fingerprint density at radius 1 is 0.900 bits per heavy atom. The maximum atomic E-state index is 12.6. The molecule has 1 aliphatic rings. The number of para-hydroxylation sites is 3. The van der Waals surface area contributed by atoms with Crippen LogP contribution in [0.5, 0.6) is 11.5 Å². The SMILES string of the molecule is O=C(CCN1C(=O)c2ccccc2S1(=O)=O)Nc1ccccc1Oc1ccccc1. The van der Waals surface area contributed by atoms with Crippen LogP contribution in [0.4, 0.5) is 5.69 Å². The van der Waals surface area contributed by atoms with Gasteiger partial charge in [0, 0.05) is 13.0 Å². The molecule has 0 saturated carbocycles. The van der Waals surface area contributed by atoms with Crippen LogP contribution in [0.15, 0.2) is 83.8 Å². The van der Waals surface area contributed by atoms with Crippen molar-refractivity contribution < 1.29 is 22.7 Å². The third kappa shape index (κ3) is 3.77. The molecule has 0 aromatic heterocycles. The van der Waals surface area contributed by atoms with Crippen LogP contribution in [0.2, 0.25) is 0 Å². The molecule has 8 heteroatoms. The van der Waals surface area contributed by atoms with E-state index < -0.39 is 21.8 Å². The zero-order valence-corrected chi connectivity index (χ0v) is 16.6. The first-order valence-electron chi connectivity index (χ1n) is 9.25. The number of nitrogens with zero attached hydrogens (tertiary/aromatic N) is 1. The first-order chi connectivity index (χ1) is 14.5. The average Bonchev–Trinajstić information content (AvgIpc) is 2.94. The predicted octanol–water partition coefficient (Wildman–Crippen LogP) is 3.65. The molecule has 7 nitrogen and oxygen atoms in total. The molecule has 1 aliphatic heterocycles. The molecule has 3 aromatic carbocycles. The summed E-state index contributed by atoms with van der Waals surface area (Å²) in [4.78, 5) is 24.9. The second-order valence-electron chi connectivity index (χ2n) is 6.59. The molecule has 1 N–H and O–H groups in total. The molecule has 152 valence electrons. The summed E-state index contributed by atoms with van der Waals surface area (Å²) < 4.78 is 31.7. The quantitative estimate of drug-likeness (QED) is 0.655. The van der Waals surface area contributed by atoms with E-state index in [1.807, 2.05) is 18.2 Å². The molecule has 0 unspecified atom stereocenters. The molecule has 3 aromatic rings. The highest BCUT2D eigenvalue weighted by atomic mass is 32.2. The van der Waals surface area contributed by atoms with Crippen molar-refractivity contribution in [1.29, 1.82) is 0 Å². The first-order valence-corrected chi connectivity index (χ1v) is 10.7. The Labute approximate surface area is 174 Å². The number of amides is 2. The van der Waals surface area contributed by atoms with Crippen LogP contribution in [0.1, 0.15) is 16.8 Å². The molecule has 0 radical (unpaired) electrons. The first kappa shape index (κ1) is 19.7. The Bertz CT molecular complexity index is 1210. The van der Waals surface area contributed by atoms with Gasteiger partial charge in [-0.2, -0.15) is 0 Å². The Morgan fingerprint density at radius 3 is 2.33 bits per heavy atom. The zero-order valence-electron chi connectivity index (χ0n) is 15.8. The van der Waals surface area contributed by atoms with Crippen LogP contribution >= 0.6 is 0 Å². The largest absolute Gasteiger partial charge is 0.455 e. The smallest absolute Gasteiger partial charge is 0.269 e. The number of anilines is 1. The highest BCUT2D eigenvalue weighted by Gasteiger charge is 2.40. The summed E-state index contributed by atoms with van der Waals surface area (Å²) in [5.74, 6) is 0.0179. The van der Waals surface area contributed by atoms with Gasteiger partial charge in [0.15, 0.2) is 5.75 Å². The number of nitrogens with one attached hydrogen (secondary N) is 1. The standard InChI is InChI=1S/C22H18N2O5S/c25-21(14-15-24-22(26)17-10-4-7-13-20(17)30(24,27)28)23-18-11-5-6-12-19(18)29-16-8-2-1-3-9-16/h1-13H,14-15H2,(H,23,25). The monoisotopic (exact) mass is 422 g/mol. The summed E-state index contributed by atoms with van der Waals surface area (Å²) in [6, 6.07) is 22.1. The lowest BCUT2D eigenvalue weighted by atomic mass is 10.2. The van der Waals surface area contributed by atoms with Gasteiger partial charge in [0.1, 0.15) is 10.6 Å². The Morgan fingerprint density at radius 2 is 1.57 bits per heavy atom. The molecule has 2 amide bonds. The van der Waals surface area contributed by atoms with Crippen LogP contribution in [0.3, 0.4) is 0 Å². The van der Waals surface area contributed by atoms with Crippen LogP contribution in [0, 0.1) is 0 Å². The molecule has 1 heterocycles. The molecule has 0 saturated heterocycles. The van der Waals surface area contributed by atoms with E-state index in [-0.39, 0.29) is 23.4 Å². The van der Waals surface area contributed by atoms with E-state index in [1.165, 1.54) is 12.1 Å². The van der Waals surface area contributed by atoms with Gasteiger partial charge in [0.05, 0.1) is 11.3 Å². The second-order valence-corrected chi connectivity index (χ2v) is 8.42. The third-order valence-corrected chi connectivity index (χ3v) is 6.43. The van der Waals surface area contributed by atoms with E-state index in [2.05, 4.69) is 5.32 Å². The maximum absolute atomic E-state index is 12.6. The topological polar surface area (TPSA) is 92.8 Å². The van der Waals surface area contributed by atoms with Gasteiger partial charge in [0.25, 0.3) is 15.9 Å². The van der Waals surface area contributed by atoms with Gasteiger partial charge in [-0.3, -0.25) is 9.59 Å². The van der Waals surface area contributed by atoms with Crippen LogP contribution < -0.4 is 10.1 Å². The molecule has 0 fully saturated rings. The number of benzene rings is 3. The number of hydrogen-bond acceptors (Lipinski definition) is 5. The summed E-state index contributed by atoms with van der Waals surface area (Å²) >= 11 is 0. The Kier molecular flexibility index (Phi) is 5.24. The summed E-state index contributed by atoms with van der Waals surface area (Å²) in [6.07, 6.45) is -0.182. The van der Waals surface area contributed by atoms with Gasteiger partial charge in [-0.05, 0) is 36.4 Å². The molecule has 0 bridgehead atoms. The summed E-state index contributed by atoms with van der Waals surface area (Å²) in [6.45, 7) is -0.247. The van der Waals surface area contributed by atoms with Crippen LogP contribution in [-0.2, 0) is 14.8 Å². The second kappa shape index (κ2) is 8.00. The molecule has 0 spiro atoms. The third-order valence-electron chi connectivity index (χ3n) is 4.59. The molecule has 0 aliphatic carbocycles. The number of hydrogen-bond donors (Lipinski definition) is 1. The average molecular weight is 422 g/mol. The van der Waals surface area contributed by atoms with Crippen molar-refractivity contribution in [3.8, 4) is 11.5 Å². The van der Waals surface area contributed by atoms with E-state index in [9.17, 15) is 18.0 Å². The van der Waals surface area contributed by atoms with Gasteiger partial charge in [-0.25, -0.2) is 12.7 Å². The lowest BCUT2D eigenvalue weighted by molar-refractivity contribution is -0.116. The van der Waals surface area contributed by atoms with Gasteiger partial charge in [-0.1, -0.05) is 42.5 Å². The van der Waals surface area contributed by atoms with Gasteiger partial charge in [-0.15, -0.1) is 0 Å². The molecular weight excluding hydrogens is 404 g/mol. The molecular formula is C22H18N2O5S. The van der Waals surface area contributed by atoms with E-state index >= 15 is 0 Å². The van der Waals surface area contributed by atoms with E-state index in [0.29, 0.717) is 17.2 Å². The fraction of sp³-hybridized carbons (Fsp3) is 0.0909. The summed E-state index contributed by atoms with van der Waals surface area (Å²) in [7, 11) is -3.93. The summed E-state index contributed by atoms with van der Waals surface area (Å²) in [5, 5.41) is 2.72. The lowest BCUT2D eigenvalue weighted by Gasteiger charge is -2.16. The van der Waals surface area contributed by atoms with Crippen molar-refractivity contribution in [3.05, 3.63) is 84.4 Å². The normalized spacial score (nSPS) is 14.3. The minimum Gasteiger partial charge on any atom is -0.455 e. The zero-order chi connectivity index (χ0) is 21.1. The number of carbonyl (C=O) groups excluding carboxylic acids is 2. The highest BCUT2D eigenvalue weighted by Crippen LogP contribution is 2.31.